The fourth-order valence-electron chi connectivity index (χ4n) is 2.94. The Morgan fingerprint density at radius 2 is 1.77 bits per heavy atom. The molecule has 0 amide bonds. The molecule has 0 radical (unpaired) electrons. The van der Waals surface area contributed by atoms with Crippen LogP contribution in [0.1, 0.15) is 67.7 Å². The molecule has 0 aromatic carbocycles. The second-order valence-corrected chi connectivity index (χ2v) is 10.6. The van der Waals surface area contributed by atoms with Gasteiger partial charge in [-0.1, -0.05) is 51.3 Å². The first-order chi connectivity index (χ1) is 10.2. The second kappa shape index (κ2) is 11.2. The summed E-state index contributed by atoms with van der Waals surface area (Å²) >= 11 is 0. The van der Waals surface area contributed by atoms with Gasteiger partial charge in [0, 0.05) is 6.21 Å². The fraction of sp³-hybridized carbons (Fsp3) is 0.750. The Kier molecular flexibility index (Phi) is 11.0. The summed E-state index contributed by atoms with van der Waals surface area (Å²) in [6.07, 6.45) is 13.7. The third-order valence-electron chi connectivity index (χ3n) is 3.57. The van der Waals surface area contributed by atoms with E-state index in [1.54, 1.807) is 0 Å². The van der Waals surface area contributed by atoms with E-state index >= 15 is 0 Å². The van der Waals surface area contributed by atoms with Crippen molar-refractivity contribution < 1.29 is 0 Å². The highest BCUT2D eigenvalue weighted by molar-refractivity contribution is 7.57. The first-order valence-electron chi connectivity index (χ1n) is 8.71. The van der Waals surface area contributed by atoms with E-state index in [9.17, 15) is 0 Å². The number of hydrogen-bond donors (Lipinski definition) is 1. The van der Waals surface area contributed by atoms with Crippen LogP contribution >= 0.6 is 7.92 Å². The van der Waals surface area contributed by atoms with Crippen molar-refractivity contribution in [3.63, 3.8) is 0 Å². The van der Waals surface area contributed by atoms with Crippen molar-refractivity contribution in [2.24, 2.45) is 11.3 Å². The predicted molar refractivity (Wildman–Crippen MR) is 106 cm³/mol. The Labute approximate surface area is 140 Å². The predicted octanol–water partition coefficient (Wildman–Crippen LogP) is 6.88. The molecule has 0 bridgehead atoms. The molecule has 0 heterocycles. The summed E-state index contributed by atoms with van der Waals surface area (Å²) in [6.45, 7) is 16.0. The summed E-state index contributed by atoms with van der Waals surface area (Å²) in [7, 11) is 0.167. The normalized spacial score (nSPS) is 15.3. The summed E-state index contributed by atoms with van der Waals surface area (Å²) in [5, 5.41) is 7.23. The molecule has 1 nitrogen and oxygen atoms in total. The van der Waals surface area contributed by atoms with Crippen molar-refractivity contribution >= 4 is 14.1 Å². The molecule has 0 saturated heterocycles. The zero-order chi connectivity index (χ0) is 17.2. The molecule has 22 heavy (non-hydrogen) atoms. The number of hydrogen-bond acceptors (Lipinski definition) is 1. The monoisotopic (exact) mass is 323 g/mol. The molecule has 0 rings (SSSR count). The van der Waals surface area contributed by atoms with Gasteiger partial charge in [0.1, 0.15) is 0 Å². The Bertz CT molecular complexity index is 370. The van der Waals surface area contributed by atoms with E-state index in [0.717, 1.165) is 6.42 Å². The third kappa shape index (κ3) is 12.2. The van der Waals surface area contributed by atoms with Crippen LogP contribution in [0.5, 0.6) is 0 Å². The summed E-state index contributed by atoms with van der Waals surface area (Å²) in [4.78, 5) is 0. The van der Waals surface area contributed by atoms with Crippen molar-refractivity contribution in [2.45, 2.75) is 67.7 Å². The zero-order valence-electron chi connectivity index (χ0n) is 16.0. The summed E-state index contributed by atoms with van der Waals surface area (Å²) < 4.78 is 0. The van der Waals surface area contributed by atoms with Crippen molar-refractivity contribution in [3.8, 4) is 0 Å². The molecule has 2 heteroatoms. The molecule has 0 fully saturated rings. The van der Waals surface area contributed by atoms with E-state index in [4.69, 9.17) is 5.41 Å². The summed E-state index contributed by atoms with van der Waals surface area (Å²) in [5.74, 6) is 0.642. The lowest BCUT2D eigenvalue weighted by Gasteiger charge is -2.27. The lowest BCUT2D eigenvalue weighted by atomic mass is 9.95. The van der Waals surface area contributed by atoms with Gasteiger partial charge < -0.3 is 5.41 Å². The van der Waals surface area contributed by atoms with Gasteiger partial charge >= 0.3 is 0 Å². The molecule has 0 aliphatic heterocycles. The quantitative estimate of drug-likeness (QED) is 0.257. The lowest BCUT2D eigenvalue weighted by Crippen LogP contribution is -2.13. The van der Waals surface area contributed by atoms with Gasteiger partial charge in [-0.2, -0.15) is 0 Å². The topological polar surface area (TPSA) is 23.9 Å². The lowest BCUT2D eigenvalue weighted by molar-refractivity contribution is 0.475. The van der Waals surface area contributed by atoms with Crippen molar-refractivity contribution in [3.05, 3.63) is 23.3 Å². The van der Waals surface area contributed by atoms with Crippen LogP contribution in [-0.4, -0.2) is 24.7 Å². The van der Waals surface area contributed by atoms with Crippen LogP contribution < -0.4 is 0 Å². The highest BCUT2D eigenvalue weighted by Crippen LogP contribution is 2.43. The van der Waals surface area contributed by atoms with Gasteiger partial charge in [-0.15, -0.1) is 7.92 Å². The van der Waals surface area contributed by atoms with Crippen LogP contribution in [-0.2, 0) is 0 Å². The zero-order valence-corrected chi connectivity index (χ0v) is 16.9. The van der Waals surface area contributed by atoms with Crippen molar-refractivity contribution in [1.29, 1.82) is 5.41 Å². The van der Waals surface area contributed by atoms with Crippen LogP contribution in [0, 0.1) is 16.7 Å². The Hall–Kier alpha value is -0.420. The molecule has 0 saturated carbocycles. The van der Waals surface area contributed by atoms with E-state index in [2.05, 4.69) is 54.5 Å². The molecule has 0 aliphatic carbocycles. The van der Waals surface area contributed by atoms with E-state index in [0.29, 0.717) is 11.3 Å². The number of nitrogens with one attached hydrogen (secondary N) is 1. The third-order valence-corrected chi connectivity index (χ3v) is 6.94. The minimum absolute atomic E-state index is 0.167. The maximum atomic E-state index is 7.23. The van der Waals surface area contributed by atoms with Crippen LogP contribution in [0.25, 0.3) is 0 Å². The molecular weight excluding hydrogens is 285 g/mol. The molecular formula is C20H38NP. The van der Waals surface area contributed by atoms with E-state index in [1.165, 1.54) is 48.7 Å². The van der Waals surface area contributed by atoms with Gasteiger partial charge in [0.25, 0.3) is 0 Å². The smallest absolute Gasteiger partial charge is 0.0177 e. The summed E-state index contributed by atoms with van der Waals surface area (Å²) in [6, 6.07) is 0. The van der Waals surface area contributed by atoms with Crippen LogP contribution in [0.15, 0.2) is 23.3 Å². The molecule has 0 spiro atoms. The van der Waals surface area contributed by atoms with Gasteiger partial charge in [-0.3, -0.25) is 0 Å². The number of allylic oxidation sites excluding steroid dienone is 4. The average Bonchev–Trinajstić information content (AvgIpc) is 2.33. The molecule has 0 aromatic rings. The largest absolute Gasteiger partial charge is 0.309 e. The molecule has 0 aromatic heterocycles. The first-order valence-corrected chi connectivity index (χ1v) is 10.6. The van der Waals surface area contributed by atoms with E-state index < -0.39 is 0 Å². The highest BCUT2D eigenvalue weighted by atomic mass is 31.1. The van der Waals surface area contributed by atoms with Crippen molar-refractivity contribution in [2.75, 3.05) is 18.5 Å². The SMILES string of the molecule is CCCP(CCC(C=C(C)C)C/C(C)=C\C=N)CC(C)(C)C. The maximum Gasteiger partial charge on any atom is 0.0177 e. The van der Waals surface area contributed by atoms with Crippen LogP contribution in [0.3, 0.4) is 0 Å². The second-order valence-electron chi connectivity index (χ2n) is 8.01. The van der Waals surface area contributed by atoms with Crippen LogP contribution in [0.2, 0.25) is 0 Å². The maximum absolute atomic E-state index is 7.23. The molecule has 2 unspecified atom stereocenters. The molecule has 0 aliphatic rings. The van der Waals surface area contributed by atoms with Crippen molar-refractivity contribution in [1.82, 2.24) is 0 Å². The van der Waals surface area contributed by atoms with E-state index in [1.807, 2.05) is 6.08 Å². The Morgan fingerprint density at radius 3 is 2.23 bits per heavy atom. The molecule has 2 atom stereocenters. The minimum atomic E-state index is 0.167. The van der Waals surface area contributed by atoms with Gasteiger partial charge in [0.05, 0.1) is 0 Å². The van der Waals surface area contributed by atoms with Gasteiger partial charge in [0.2, 0.25) is 0 Å². The average molecular weight is 324 g/mol. The van der Waals surface area contributed by atoms with E-state index in [-0.39, 0.29) is 7.92 Å². The first kappa shape index (κ1) is 21.6. The summed E-state index contributed by atoms with van der Waals surface area (Å²) in [5.41, 5.74) is 3.21. The number of rotatable bonds is 10. The fourth-order valence-corrected chi connectivity index (χ4v) is 6.16. The highest BCUT2D eigenvalue weighted by Gasteiger charge is 2.19. The molecule has 128 valence electrons. The van der Waals surface area contributed by atoms with Crippen LogP contribution in [0.4, 0.5) is 0 Å². The van der Waals surface area contributed by atoms with Gasteiger partial charge in [0.15, 0.2) is 0 Å². The Balaban J connectivity index is 4.72. The Morgan fingerprint density at radius 1 is 1.14 bits per heavy atom. The minimum Gasteiger partial charge on any atom is -0.309 e. The van der Waals surface area contributed by atoms with Gasteiger partial charge in [-0.05, 0) is 69.5 Å². The standard InChI is InChI=1S/C20H38NP/c1-8-12-22(16-20(5,6)7)13-10-19(14-17(2)3)15-18(4)9-11-21/h9,11,14,19,21H,8,10,12-13,15-16H2,1-7H3/b18-9-,21-11?. The molecule has 1 N–H and O–H groups in total. The van der Waals surface area contributed by atoms with Gasteiger partial charge in [-0.25, -0.2) is 0 Å².